The van der Waals surface area contributed by atoms with E-state index in [4.69, 9.17) is 0 Å². The van der Waals surface area contributed by atoms with Gasteiger partial charge in [-0.3, -0.25) is 0 Å². The van der Waals surface area contributed by atoms with Gasteiger partial charge in [-0.15, -0.1) is 24.8 Å². The summed E-state index contributed by atoms with van der Waals surface area (Å²) in [5.41, 5.74) is 9.11. The van der Waals surface area contributed by atoms with Crippen molar-refractivity contribution < 1.29 is 19.4 Å². The molecular formula is C20H31Cl2NTi. The van der Waals surface area contributed by atoms with E-state index in [1.54, 1.807) is 11.1 Å². The number of nitrogens with one attached hydrogen (secondary N) is 1. The summed E-state index contributed by atoms with van der Waals surface area (Å²) in [7, 11) is 0. The van der Waals surface area contributed by atoms with E-state index in [9.17, 15) is 0 Å². The topological polar surface area (TPSA) is 12.0 Å². The summed E-state index contributed by atoms with van der Waals surface area (Å²) in [5.74, 6) is 0. The fraction of sp³-hybridized carbons (Fsp3) is 0.500. The summed E-state index contributed by atoms with van der Waals surface area (Å²) in [6.45, 7) is 12.7. The molecule has 1 atom stereocenters. The van der Waals surface area contributed by atoms with Crippen LogP contribution in [-0.2, 0) is 19.4 Å². The van der Waals surface area contributed by atoms with Gasteiger partial charge in [0.2, 0.25) is 0 Å². The zero-order valence-electron chi connectivity index (χ0n) is 15.5. The van der Waals surface area contributed by atoms with Crippen LogP contribution in [0.1, 0.15) is 69.2 Å². The first kappa shape index (κ1) is 24.0. The summed E-state index contributed by atoms with van der Waals surface area (Å²) in [6.07, 6.45) is 3.70. The van der Waals surface area contributed by atoms with Gasteiger partial charge in [-0.1, -0.05) is 0 Å². The number of unbranched alkanes of at least 4 members (excludes halogenated alkanes) is 1. The Morgan fingerprint density at radius 3 is 2.33 bits per heavy atom. The van der Waals surface area contributed by atoms with Crippen LogP contribution < -0.4 is 3.80 Å². The van der Waals surface area contributed by atoms with Crippen molar-refractivity contribution in [1.82, 2.24) is 3.80 Å². The zero-order valence-corrected chi connectivity index (χ0v) is 18.7. The van der Waals surface area contributed by atoms with E-state index in [1.807, 2.05) is 0 Å². The fourth-order valence-electron chi connectivity index (χ4n) is 3.09. The van der Waals surface area contributed by atoms with Gasteiger partial charge < -0.3 is 0 Å². The van der Waals surface area contributed by atoms with Crippen LogP contribution in [-0.4, -0.2) is 6.54 Å². The summed E-state index contributed by atoms with van der Waals surface area (Å²) in [4.78, 5) is 0. The molecule has 1 aliphatic rings. The van der Waals surface area contributed by atoms with Gasteiger partial charge in [0.25, 0.3) is 0 Å². The molecule has 0 amide bonds. The van der Waals surface area contributed by atoms with Crippen molar-refractivity contribution in [2.45, 2.75) is 58.1 Å². The first-order valence-electron chi connectivity index (χ1n) is 8.50. The second-order valence-corrected chi connectivity index (χ2v) is 8.77. The molecule has 2 rings (SSSR count). The SMILES string of the molecule is CCCC[NH][Ti][CH](C)c1ccccc1C1=C(C)C(C)=C(C)C1.Cl.Cl. The molecular weight excluding hydrogens is 373 g/mol. The Bertz CT molecular complexity index is 593. The second-order valence-electron chi connectivity index (χ2n) is 6.42. The summed E-state index contributed by atoms with van der Waals surface area (Å²) < 4.78 is 4.41. The predicted octanol–water partition coefficient (Wildman–Crippen LogP) is 6.49. The summed E-state index contributed by atoms with van der Waals surface area (Å²) in [6, 6.07) is 9.06. The predicted molar refractivity (Wildman–Crippen MR) is 108 cm³/mol. The number of rotatable bonds is 7. The molecule has 1 unspecified atom stereocenters. The van der Waals surface area contributed by atoms with E-state index in [1.165, 1.54) is 41.7 Å². The van der Waals surface area contributed by atoms with E-state index in [0.29, 0.717) is 4.22 Å². The van der Waals surface area contributed by atoms with Crippen molar-refractivity contribution in [3.05, 3.63) is 52.1 Å². The maximum Gasteiger partial charge on any atom is -0.147 e. The summed E-state index contributed by atoms with van der Waals surface area (Å²) in [5, 5.41) is 0. The molecule has 0 bridgehead atoms. The van der Waals surface area contributed by atoms with Crippen molar-refractivity contribution in [2.75, 3.05) is 6.54 Å². The average molecular weight is 404 g/mol. The molecule has 1 nitrogen and oxygen atoms in total. The van der Waals surface area contributed by atoms with Crippen LogP contribution in [0.5, 0.6) is 0 Å². The second kappa shape index (κ2) is 11.5. The van der Waals surface area contributed by atoms with Crippen LogP contribution in [0.25, 0.3) is 5.57 Å². The smallest absolute Gasteiger partial charge is 0.147 e. The van der Waals surface area contributed by atoms with Crippen LogP contribution in [0.2, 0.25) is 0 Å². The van der Waals surface area contributed by atoms with Crippen LogP contribution in [0.4, 0.5) is 0 Å². The van der Waals surface area contributed by atoms with E-state index in [0.717, 1.165) is 6.42 Å². The van der Waals surface area contributed by atoms with Gasteiger partial charge >= 0.3 is 146 Å². The molecule has 0 fully saturated rings. The maximum absolute atomic E-state index is 3.73. The molecule has 1 N–H and O–H groups in total. The van der Waals surface area contributed by atoms with Gasteiger partial charge in [0, 0.05) is 0 Å². The van der Waals surface area contributed by atoms with Crippen molar-refractivity contribution in [3.63, 3.8) is 0 Å². The number of hydrogen-bond acceptors (Lipinski definition) is 1. The zero-order chi connectivity index (χ0) is 16.1. The number of allylic oxidation sites excluding steroid dienone is 4. The third-order valence-corrected chi connectivity index (χ3v) is 6.69. The molecule has 0 aromatic heterocycles. The molecule has 1 aliphatic carbocycles. The van der Waals surface area contributed by atoms with E-state index in [2.05, 4.69) is 62.7 Å². The van der Waals surface area contributed by atoms with Crippen molar-refractivity contribution >= 4 is 30.4 Å². The minimum absolute atomic E-state index is 0. The number of halogens is 2. The number of hydrogen-bond donors (Lipinski definition) is 1. The van der Waals surface area contributed by atoms with Crippen molar-refractivity contribution in [2.24, 2.45) is 0 Å². The largest absolute Gasteiger partial charge is 0.147 e. The normalized spacial score (nSPS) is 15.0. The molecule has 0 heterocycles. The van der Waals surface area contributed by atoms with E-state index >= 15 is 0 Å². The maximum atomic E-state index is 3.73. The Labute approximate surface area is 169 Å². The standard InChI is InChI=1S/C16H19.C4H10N.2ClH.Ti/c1-5-14-8-6-7-9-15(14)16-10-11(2)12(3)13(16)4;1-2-3-4-5;;;/h5-9H,10H2,1-4H3;5H,2-4H2,1H3;2*1H;/q;-1;;;+1. The van der Waals surface area contributed by atoms with Gasteiger partial charge in [0.1, 0.15) is 0 Å². The Kier molecular flexibility index (Phi) is 11.5. The average Bonchev–Trinajstić information content (AvgIpc) is 2.79. The van der Waals surface area contributed by atoms with Gasteiger partial charge in [-0.05, 0) is 0 Å². The Morgan fingerprint density at radius 1 is 1.08 bits per heavy atom. The first-order chi connectivity index (χ1) is 10.6. The molecule has 1 aromatic rings. The van der Waals surface area contributed by atoms with Crippen LogP contribution in [0.3, 0.4) is 0 Å². The third kappa shape index (κ3) is 5.75. The molecule has 4 heteroatoms. The molecule has 24 heavy (non-hydrogen) atoms. The molecule has 0 aliphatic heterocycles. The monoisotopic (exact) mass is 403 g/mol. The quantitative estimate of drug-likeness (QED) is 0.405. The van der Waals surface area contributed by atoms with E-state index in [-0.39, 0.29) is 44.2 Å². The Morgan fingerprint density at radius 2 is 1.75 bits per heavy atom. The molecule has 0 saturated carbocycles. The van der Waals surface area contributed by atoms with E-state index < -0.39 is 0 Å². The van der Waals surface area contributed by atoms with Crippen LogP contribution >= 0.6 is 24.8 Å². The van der Waals surface area contributed by atoms with Gasteiger partial charge in [0.05, 0.1) is 0 Å². The molecule has 0 spiro atoms. The van der Waals surface area contributed by atoms with Gasteiger partial charge in [0.15, 0.2) is 0 Å². The molecule has 0 radical (unpaired) electrons. The van der Waals surface area contributed by atoms with Gasteiger partial charge in [-0.2, -0.15) is 0 Å². The van der Waals surface area contributed by atoms with Crippen molar-refractivity contribution in [3.8, 4) is 0 Å². The fourth-order valence-corrected chi connectivity index (χ4v) is 4.71. The molecule has 134 valence electrons. The minimum Gasteiger partial charge on any atom is -0.147 e. The third-order valence-electron chi connectivity index (χ3n) is 4.82. The van der Waals surface area contributed by atoms with Crippen molar-refractivity contribution in [1.29, 1.82) is 0 Å². The molecule has 0 saturated heterocycles. The van der Waals surface area contributed by atoms with Crippen LogP contribution in [0.15, 0.2) is 41.0 Å². The Hall–Kier alpha value is -0.0457. The molecule has 1 aromatic carbocycles. The van der Waals surface area contributed by atoms with Crippen LogP contribution in [0, 0.1) is 0 Å². The Balaban J connectivity index is 0.00000264. The number of benzene rings is 1. The first-order valence-corrected chi connectivity index (χ1v) is 10.2. The van der Waals surface area contributed by atoms with Gasteiger partial charge in [-0.25, -0.2) is 0 Å². The minimum atomic E-state index is -0.128. The summed E-state index contributed by atoms with van der Waals surface area (Å²) >= 11 is -0.128.